The molecule has 3 aromatic rings. The van der Waals surface area contributed by atoms with Crippen LogP contribution in [-0.2, 0) is 32.0 Å². The van der Waals surface area contributed by atoms with E-state index in [4.69, 9.17) is 24.3 Å². The molecule has 2 unspecified atom stereocenters. The average Bonchev–Trinajstić information content (AvgIpc) is 3.60. The Labute approximate surface area is 241 Å². The highest BCUT2D eigenvalue weighted by Gasteiger charge is 2.50. The number of rotatable bonds is 11. The molecule has 22 heteroatoms. The van der Waals surface area contributed by atoms with Gasteiger partial charge in [-0.1, -0.05) is 0 Å². The van der Waals surface area contributed by atoms with Crippen molar-refractivity contribution in [2.45, 2.75) is 49.1 Å². The molecule has 43 heavy (non-hydrogen) atoms. The fraction of sp³-hybridized carbons (Fsp3) is 0.476. The second-order valence-electron chi connectivity index (χ2n) is 9.47. The molecule has 2 saturated heterocycles. The first-order valence-corrected chi connectivity index (χ1v) is 15.3. The Morgan fingerprint density at radius 3 is 2.40 bits per heavy atom. The van der Waals surface area contributed by atoms with Gasteiger partial charge in [0.05, 0.1) is 25.1 Å². The van der Waals surface area contributed by atoms with Crippen molar-refractivity contribution in [3.8, 4) is 0 Å². The van der Waals surface area contributed by atoms with E-state index < -0.39 is 77.9 Å². The number of imidazole rings is 1. The molecule has 0 aliphatic carbocycles. The maximum atomic E-state index is 13.2. The Morgan fingerprint density at radius 2 is 1.72 bits per heavy atom. The molecular weight excluding hydrogens is 622 g/mol. The Hall–Kier alpha value is -2.81. The second kappa shape index (κ2) is 12.3. The van der Waals surface area contributed by atoms with Crippen molar-refractivity contribution in [1.29, 1.82) is 0 Å². The zero-order valence-electron chi connectivity index (χ0n) is 21.7. The monoisotopic (exact) mass is 648 g/mol. The summed E-state index contributed by atoms with van der Waals surface area (Å²) in [6, 6.07) is 2.97. The van der Waals surface area contributed by atoms with Crippen LogP contribution in [0.1, 0.15) is 22.8 Å². The van der Waals surface area contributed by atoms with E-state index in [2.05, 4.69) is 19.3 Å². The lowest BCUT2D eigenvalue weighted by atomic mass is 10.1. The number of carbonyl (C=O) groups excluding carboxylic acids is 1. The number of ether oxygens (including phenoxy) is 2. The SMILES string of the molecule is Nc1ncnc2c1ncn2[C@@H]1O[C@H](COP(=O)(OC[C@H]2O[C@@H]([n+]3cccc(C=O)c3)[C@H](O)[C@@H]2O)OP(=O)([O-])O)[C@@H](O)[C@H]1O. The quantitative estimate of drug-likeness (QED) is 0.0688. The average molecular weight is 648 g/mol. The van der Waals surface area contributed by atoms with Crippen LogP contribution in [0.5, 0.6) is 0 Å². The standard InChI is InChI=1S/C21H26N6O14P2/c22-18-13-19(24-8-23-18)27(9-25-13)21-17(32)15(30)12(40-21)7-38-43(36,41-42(33,34)35)37-6-11-14(29)16(31)20(39-11)26-3-1-2-10(4-26)5-28/h1-5,8-9,11-12,14-17,20-21,29-32H,6-7H2,(H3-,22,23,24,33,34,35)/t11-,12-,14-,15-,16-,17-,20-,21-,43?/m1/s1. The fourth-order valence-corrected chi connectivity index (χ4v) is 6.67. The van der Waals surface area contributed by atoms with Crippen molar-refractivity contribution in [3.05, 3.63) is 42.7 Å². The van der Waals surface area contributed by atoms with Crippen LogP contribution >= 0.6 is 15.6 Å². The van der Waals surface area contributed by atoms with E-state index in [1.54, 1.807) is 0 Å². The van der Waals surface area contributed by atoms with Crippen LogP contribution in [0.15, 0.2) is 37.2 Å². The van der Waals surface area contributed by atoms with Crippen LogP contribution < -0.4 is 15.2 Å². The molecule has 5 heterocycles. The van der Waals surface area contributed by atoms with Gasteiger partial charge in [0.25, 0.3) is 14.1 Å². The molecule has 5 rings (SSSR count). The molecule has 3 aromatic heterocycles. The highest BCUT2D eigenvalue weighted by Crippen LogP contribution is 2.60. The minimum atomic E-state index is -5.76. The van der Waals surface area contributed by atoms with Gasteiger partial charge in [-0.3, -0.25) is 23.0 Å². The number of aromatic nitrogens is 5. The van der Waals surface area contributed by atoms with E-state index >= 15 is 0 Å². The van der Waals surface area contributed by atoms with E-state index in [0.29, 0.717) is 6.29 Å². The number of aliphatic hydroxyl groups excluding tert-OH is 4. The number of phosphoric ester groups is 1. The Morgan fingerprint density at radius 1 is 1.05 bits per heavy atom. The third kappa shape index (κ3) is 6.66. The fourth-order valence-electron chi connectivity index (χ4n) is 4.55. The summed E-state index contributed by atoms with van der Waals surface area (Å²) >= 11 is 0. The van der Waals surface area contributed by atoms with E-state index in [1.165, 1.54) is 40.0 Å². The topological polar surface area (TPSA) is 295 Å². The summed E-state index contributed by atoms with van der Waals surface area (Å²) in [4.78, 5) is 43.6. The van der Waals surface area contributed by atoms with E-state index in [-0.39, 0.29) is 22.5 Å². The van der Waals surface area contributed by atoms with Gasteiger partial charge >= 0.3 is 7.82 Å². The molecule has 0 spiro atoms. The van der Waals surface area contributed by atoms with Crippen LogP contribution in [0.4, 0.5) is 5.82 Å². The number of nitrogens with two attached hydrogens (primary N) is 1. The maximum Gasteiger partial charge on any atom is 0.481 e. The highest BCUT2D eigenvalue weighted by atomic mass is 31.3. The maximum absolute atomic E-state index is 13.2. The van der Waals surface area contributed by atoms with E-state index in [0.717, 1.165) is 6.33 Å². The first kappa shape index (κ1) is 31.6. The summed E-state index contributed by atoms with van der Waals surface area (Å²) in [6.07, 6.45) is -6.25. The molecule has 234 valence electrons. The molecule has 2 fully saturated rings. The van der Waals surface area contributed by atoms with Gasteiger partial charge in [-0.15, -0.1) is 0 Å². The Balaban J connectivity index is 1.27. The molecule has 0 amide bonds. The van der Waals surface area contributed by atoms with Gasteiger partial charge < -0.3 is 45.4 Å². The van der Waals surface area contributed by atoms with Crippen molar-refractivity contribution in [3.63, 3.8) is 0 Å². The van der Waals surface area contributed by atoms with Crippen molar-refractivity contribution >= 4 is 38.9 Å². The van der Waals surface area contributed by atoms with Crippen LogP contribution in [-0.4, -0.2) is 101 Å². The van der Waals surface area contributed by atoms with Crippen molar-refractivity contribution < 1.29 is 71.5 Å². The second-order valence-corrected chi connectivity index (χ2v) is 12.5. The van der Waals surface area contributed by atoms with Gasteiger partial charge in [-0.25, -0.2) is 23.8 Å². The zero-order valence-corrected chi connectivity index (χ0v) is 23.5. The van der Waals surface area contributed by atoms with Gasteiger partial charge in [-0.2, -0.15) is 4.57 Å². The van der Waals surface area contributed by atoms with Gasteiger partial charge in [-0.05, 0) is 6.07 Å². The number of pyridine rings is 1. The lowest BCUT2D eigenvalue weighted by molar-refractivity contribution is -0.765. The van der Waals surface area contributed by atoms with E-state index in [1.807, 2.05) is 0 Å². The normalized spacial score (nSPS) is 32.0. The van der Waals surface area contributed by atoms with Crippen LogP contribution in [0.2, 0.25) is 0 Å². The molecule has 0 saturated carbocycles. The molecular formula is C21H26N6O14P2. The number of anilines is 1. The van der Waals surface area contributed by atoms with Crippen LogP contribution in [0.3, 0.4) is 0 Å². The van der Waals surface area contributed by atoms with Gasteiger partial charge in [0.2, 0.25) is 0 Å². The lowest BCUT2D eigenvalue weighted by Crippen LogP contribution is -2.46. The van der Waals surface area contributed by atoms with Crippen molar-refractivity contribution in [2.24, 2.45) is 0 Å². The first-order valence-electron chi connectivity index (χ1n) is 12.4. The minimum absolute atomic E-state index is 0.0428. The third-order valence-corrected chi connectivity index (χ3v) is 9.16. The van der Waals surface area contributed by atoms with Crippen molar-refractivity contribution in [1.82, 2.24) is 19.5 Å². The molecule has 2 aliphatic heterocycles. The molecule has 20 nitrogen and oxygen atoms in total. The summed E-state index contributed by atoms with van der Waals surface area (Å²) in [5, 5.41) is 42.0. The van der Waals surface area contributed by atoms with Gasteiger partial charge in [0, 0.05) is 6.07 Å². The Bertz CT molecular complexity index is 1570. The van der Waals surface area contributed by atoms with Gasteiger partial charge in [0.15, 0.2) is 42.5 Å². The number of aldehydes is 1. The smallest absolute Gasteiger partial charge is 0.481 e. The predicted octanol–water partition coefficient (Wildman–Crippen LogP) is -2.93. The number of fused-ring (bicyclic) bond motifs is 1. The Kier molecular flexibility index (Phi) is 9.04. The first-order chi connectivity index (χ1) is 20.3. The molecule has 7 N–H and O–H groups in total. The number of nitrogen functional groups attached to an aromatic ring is 1. The number of phosphoric acid groups is 2. The number of hydrogen-bond acceptors (Lipinski definition) is 17. The molecule has 2 aliphatic rings. The predicted molar refractivity (Wildman–Crippen MR) is 134 cm³/mol. The van der Waals surface area contributed by atoms with Gasteiger partial charge in [0.1, 0.15) is 42.4 Å². The summed E-state index contributed by atoms with van der Waals surface area (Å²) in [7, 11) is -11.0. The number of hydrogen-bond donors (Lipinski definition) is 6. The summed E-state index contributed by atoms with van der Waals surface area (Å²) in [6.45, 7) is -1.79. The largest absolute Gasteiger partial charge is 0.756 e. The third-order valence-electron chi connectivity index (χ3n) is 6.61. The molecule has 0 aromatic carbocycles. The minimum Gasteiger partial charge on any atom is -0.756 e. The molecule has 0 bridgehead atoms. The number of aliphatic hydroxyl groups is 4. The highest BCUT2D eigenvalue weighted by molar-refractivity contribution is 7.60. The molecule has 10 atom stereocenters. The summed E-state index contributed by atoms with van der Waals surface area (Å²) in [5.74, 6) is 0.0428. The van der Waals surface area contributed by atoms with E-state index in [9.17, 15) is 44.1 Å². The van der Waals surface area contributed by atoms with Crippen molar-refractivity contribution in [2.75, 3.05) is 18.9 Å². The summed E-state index contributed by atoms with van der Waals surface area (Å²) < 4.78 is 52.5. The number of nitrogens with zero attached hydrogens (tertiary/aromatic N) is 5. The lowest BCUT2D eigenvalue weighted by Gasteiger charge is -2.25. The van der Waals surface area contributed by atoms with Crippen LogP contribution in [0.25, 0.3) is 11.2 Å². The van der Waals surface area contributed by atoms with Crippen LogP contribution in [0, 0.1) is 0 Å². The summed E-state index contributed by atoms with van der Waals surface area (Å²) in [5.41, 5.74) is 6.34. The zero-order chi connectivity index (χ0) is 31.1. The molecule has 0 radical (unpaired) electrons. The number of carbonyl (C=O) groups is 1.